The molecule has 0 unspecified atom stereocenters. The predicted molar refractivity (Wildman–Crippen MR) is 164 cm³/mol. The summed E-state index contributed by atoms with van der Waals surface area (Å²) in [6.45, 7) is 0. The van der Waals surface area contributed by atoms with Gasteiger partial charge >= 0.3 is 0 Å². The first-order chi connectivity index (χ1) is 20.4. The van der Waals surface area contributed by atoms with Gasteiger partial charge in [-0.2, -0.15) is 0 Å². The number of hydrogen-bond donors (Lipinski definition) is 0. The highest BCUT2D eigenvalue weighted by Gasteiger charge is 2.72. The highest BCUT2D eigenvalue weighted by atomic mass is 79.9. The molecular weight excluding hydrogens is 594 g/mol. The van der Waals surface area contributed by atoms with E-state index < -0.39 is 23.4 Å². The number of carbonyl (C=O) groups excluding carboxylic acids is 3. The molecule has 42 heavy (non-hydrogen) atoms. The van der Waals surface area contributed by atoms with E-state index in [2.05, 4.69) is 15.9 Å². The van der Waals surface area contributed by atoms with Crippen molar-refractivity contribution in [2.75, 3.05) is 19.1 Å². The smallest absolute Gasteiger partial charge is 0.185 e. The van der Waals surface area contributed by atoms with Gasteiger partial charge in [-0.3, -0.25) is 14.4 Å². The summed E-state index contributed by atoms with van der Waals surface area (Å²) in [6.07, 6.45) is 3.86. The average molecular weight is 620 g/mol. The van der Waals surface area contributed by atoms with E-state index in [9.17, 15) is 14.4 Å². The molecule has 208 valence electrons. The van der Waals surface area contributed by atoms with E-state index >= 15 is 0 Å². The van der Waals surface area contributed by atoms with Crippen molar-refractivity contribution in [3.8, 4) is 11.5 Å². The van der Waals surface area contributed by atoms with Crippen LogP contribution in [0.3, 0.4) is 0 Å². The number of carbonyl (C=O) groups is 3. The van der Waals surface area contributed by atoms with E-state index in [-0.39, 0.29) is 17.3 Å². The van der Waals surface area contributed by atoms with Gasteiger partial charge in [-0.05, 0) is 29.8 Å². The summed E-state index contributed by atoms with van der Waals surface area (Å²) in [5, 5.41) is 0. The Morgan fingerprint density at radius 3 is 2.19 bits per heavy atom. The molecule has 6 nitrogen and oxygen atoms in total. The van der Waals surface area contributed by atoms with Crippen molar-refractivity contribution >= 4 is 45.0 Å². The number of ether oxygens (including phenoxy) is 2. The van der Waals surface area contributed by atoms with Crippen molar-refractivity contribution < 1.29 is 23.9 Å². The Kier molecular flexibility index (Phi) is 6.17. The second-order valence-corrected chi connectivity index (χ2v) is 11.7. The molecule has 1 saturated heterocycles. The third kappa shape index (κ3) is 3.53. The van der Waals surface area contributed by atoms with Crippen LogP contribution >= 0.6 is 15.9 Å². The Morgan fingerprint density at radius 1 is 0.833 bits per heavy atom. The molecule has 1 spiro atoms. The van der Waals surface area contributed by atoms with Gasteiger partial charge in [0, 0.05) is 44.4 Å². The number of hydrogen-bond acceptors (Lipinski definition) is 6. The van der Waals surface area contributed by atoms with Gasteiger partial charge in [-0.25, -0.2) is 0 Å². The van der Waals surface area contributed by atoms with Crippen molar-refractivity contribution in [1.29, 1.82) is 0 Å². The molecule has 2 heterocycles. The fourth-order valence-electron chi connectivity index (χ4n) is 7.14. The zero-order valence-corrected chi connectivity index (χ0v) is 24.5. The van der Waals surface area contributed by atoms with Crippen LogP contribution in [-0.2, 0) is 0 Å². The molecule has 1 aliphatic carbocycles. The molecule has 2 aliphatic heterocycles. The molecule has 3 aliphatic rings. The lowest BCUT2D eigenvalue weighted by atomic mass is 9.64. The van der Waals surface area contributed by atoms with E-state index in [1.54, 1.807) is 62.8 Å². The van der Waals surface area contributed by atoms with Crippen molar-refractivity contribution in [2.24, 2.45) is 5.41 Å². The average Bonchev–Trinajstić information content (AvgIpc) is 3.46. The quantitative estimate of drug-likeness (QED) is 0.181. The lowest BCUT2D eigenvalue weighted by Crippen LogP contribution is -2.48. The number of halogens is 1. The number of benzene rings is 4. The Bertz CT molecular complexity index is 1780. The van der Waals surface area contributed by atoms with Gasteiger partial charge in [0.25, 0.3) is 0 Å². The third-order valence-corrected chi connectivity index (χ3v) is 9.36. The van der Waals surface area contributed by atoms with Gasteiger partial charge < -0.3 is 14.4 Å². The maximum absolute atomic E-state index is 14.8. The van der Waals surface area contributed by atoms with Crippen LogP contribution in [0.5, 0.6) is 11.5 Å². The Hall–Kier alpha value is -4.49. The van der Waals surface area contributed by atoms with Crippen LogP contribution in [0, 0.1) is 5.41 Å². The summed E-state index contributed by atoms with van der Waals surface area (Å²) in [4.78, 5) is 46.3. The van der Waals surface area contributed by atoms with E-state index in [0.29, 0.717) is 33.8 Å². The van der Waals surface area contributed by atoms with Crippen LogP contribution < -0.4 is 14.4 Å². The van der Waals surface area contributed by atoms with Gasteiger partial charge in [0.15, 0.2) is 17.3 Å². The zero-order chi connectivity index (χ0) is 29.2. The summed E-state index contributed by atoms with van der Waals surface area (Å²) < 4.78 is 12.2. The monoisotopic (exact) mass is 619 g/mol. The summed E-state index contributed by atoms with van der Waals surface area (Å²) >= 11 is 3.57. The fraction of sp³-hybridized carbons (Fsp3) is 0.171. The largest absolute Gasteiger partial charge is 0.497 e. The van der Waals surface area contributed by atoms with E-state index in [1.165, 1.54) is 0 Å². The fourth-order valence-corrected chi connectivity index (χ4v) is 7.52. The maximum Gasteiger partial charge on any atom is 0.185 e. The molecule has 0 saturated carbocycles. The minimum absolute atomic E-state index is 0.180. The highest BCUT2D eigenvalue weighted by molar-refractivity contribution is 9.10. The second-order valence-electron chi connectivity index (χ2n) is 10.7. The summed E-state index contributed by atoms with van der Waals surface area (Å²) in [5.74, 6) is -0.609. The van der Waals surface area contributed by atoms with E-state index in [0.717, 1.165) is 15.7 Å². The lowest BCUT2D eigenvalue weighted by Gasteiger charge is -2.37. The van der Waals surface area contributed by atoms with Gasteiger partial charge in [0.05, 0.1) is 20.3 Å². The third-order valence-electron chi connectivity index (χ3n) is 8.87. The lowest BCUT2D eigenvalue weighted by molar-refractivity contribution is 0.0665. The van der Waals surface area contributed by atoms with Crippen molar-refractivity contribution in [1.82, 2.24) is 0 Å². The first-order valence-electron chi connectivity index (χ1n) is 13.7. The summed E-state index contributed by atoms with van der Waals surface area (Å²) in [7, 11) is 3.11. The Labute approximate surface area is 251 Å². The molecule has 0 aromatic heterocycles. The molecule has 0 bridgehead atoms. The number of Topliss-reactive ketones (excluding diaryl/α,β-unsaturated/α-hetero) is 3. The number of methoxy groups -OCH3 is 2. The first kappa shape index (κ1) is 26.4. The van der Waals surface area contributed by atoms with Crippen LogP contribution in [0.15, 0.2) is 102 Å². The predicted octanol–water partition coefficient (Wildman–Crippen LogP) is 6.78. The van der Waals surface area contributed by atoms with Gasteiger partial charge in [-0.15, -0.1) is 0 Å². The summed E-state index contributed by atoms with van der Waals surface area (Å²) in [5.41, 5.74) is 1.92. The molecule has 0 N–H and O–H groups in total. The van der Waals surface area contributed by atoms with E-state index in [1.807, 2.05) is 59.5 Å². The molecule has 0 radical (unpaired) electrons. The summed E-state index contributed by atoms with van der Waals surface area (Å²) in [6, 6.07) is 25.6. The van der Waals surface area contributed by atoms with Gasteiger partial charge in [0.2, 0.25) is 0 Å². The number of anilines is 1. The van der Waals surface area contributed by atoms with Crippen LogP contribution in [0.4, 0.5) is 5.69 Å². The topological polar surface area (TPSA) is 72.9 Å². The number of nitrogens with zero attached hydrogens (tertiary/aromatic N) is 1. The molecule has 7 rings (SSSR count). The molecule has 4 aromatic carbocycles. The van der Waals surface area contributed by atoms with Crippen LogP contribution in [-0.4, -0.2) is 43.7 Å². The zero-order valence-electron chi connectivity index (χ0n) is 22.9. The van der Waals surface area contributed by atoms with Crippen LogP contribution in [0.1, 0.15) is 48.1 Å². The number of ketones is 3. The van der Waals surface area contributed by atoms with Gasteiger partial charge in [0.1, 0.15) is 23.0 Å². The Balaban J connectivity index is 1.57. The Morgan fingerprint density at radius 2 is 1.52 bits per heavy atom. The molecule has 3 atom stereocenters. The second kappa shape index (κ2) is 9.81. The van der Waals surface area contributed by atoms with E-state index in [4.69, 9.17) is 9.47 Å². The number of fused-ring (bicyclic) bond motifs is 5. The highest BCUT2D eigenvalue weighted by Crippen LogP contribution is 2.62. The molecular formula is C35H26BrNO5. The van der Waals surface area contributed by atoms with Crippen molar-refractivity contribution in [2.45, 2.75) is 18.0 Å². The molecule has 1 fully saturated rings. The molecule has 0 amide bonds. The van der Waals surface area contributed by atoms with Crippen LogP contribution in [0.2, 0.25) is 0 Å². The molecule has 7 heteroatoms. The van der Waals surface area contributed by atoms with Crippen LogP contribution in [0.25, 0.3) is 6.08 Å². The first-order valence-corrected chi connectivity index (χ1v) is 14.5. The number of rotatable bonds is 5. The SMILES string of the molecule is COc1ccc([C@H]2[C@H](C(=O)c3ccccc3)N3c4ccc(Br)cc4C=C[C@H]3C23C(=O)c2ccccc2C3=O)c(OC)c1. The normalized spacial score (nSPS) is 21.2. The minimum Gasteiger partial charge on any atom is -0.497 e. The molecule has 4 aromatic rings. The van der Waals surface area contributed by atoms with Crippen molar-refractivity contribution in [3.05, 3.63) is 129 Å². The minimum atomic E-state index is -1.61. The standard InChI is InChI=1S/C35H26BrNO5/c1-41-23-14-15-26(28(19-23)42-2)30-31(32(38)20-8-4-3-5-9-20)37-27-16-13-22(36)18-21(27)12-17-29(37)35(30)33(39)24-10-6-7-11-25(24)34(35)40/h3-19,29-31H,1-2H3/t29-,30-,31+/m0/s1. The van der Waals surface area contributed by atoms with Gasteiger partial charge in [-0.1, -0.05) is 88.7 Å². The van der Waals surface area contributed by atoms with Crippen molar-refractivity contribution in [3.63, 3.8) is 0 Å². The maximum atomic E-state index is 14.8.